The molecule has 192 valence electrons. The van der Waals surface area contributed by atoms with E-state index in [0.29, 0.717) is 23.7 Å². The summed E-state index contributed by atoms with van der Waals surface area (Å²) in [6, 6.07) is 14.7. The third kappa shape index (κ3) is 6.78. The number of thioether (sulfide) groups is 1. The maximum atomic E-state index is 12.8. The zero-order chi connectivity index (χ0) is 26.4. The number of carbonyl (C=O) groups excluding carboxylic acids is 2. The molecule has 3 unspecified atom stereocenters. The molecule has 3 aromatic rings. The fraction of sp³-hybridized carbons (Fsp3) is 0.259. The minimum Gasteiger partial charge on any atom is -0.497 e. The Morgan fingerprint density at radius 3 is 2.51 bits per heavy atom. The minimum absolute atomic E-state index is 0.187. The largest absolute Gasteiger partial charge is 0.497 e. The van der Waals surface area contributed by atoms with Gasteiger partial charge in [0.15, 0.2) is 5.13 Å². The number of anilines is 2. The van der Waals surface area contributed by atoms with Crippen molar-refractivity contribution in [1.29, 1.82) is 0 Å². The molecule has 0 aliphatic heterocycles. The summed E-state index contributed by atoms with van der Waals surface area (Å²) in [5, 5.41) is 17.1. The second-order valence-corrected chi connectivity index (χ2v) is 10.8. The summed E-state index contributed by atoms with van der Waals surface area (Å²) in [6.45, 7) is 1.80. The highest BCUT2D eigenvalue weighted by Gasteiger charge is 2.34. The van der Waals surface area contributed by atoms with Crippen molar-refractivity contribution in [1.82, 2.24) is 4.98 Å². The second-order valence-electron chi connectivity index (χ2n) is 8.53. The highest BCUT2D eigenvalue weighted by molar-refractivity contribution is 8.00. The molecule has 37 heavy (non-hydrogen) atoms. The molecule has 0 bridgehead atoms. The molecule has 4 rings (SSSR count). The van der Waals surface area contributed by atoms with E-state index in [1.807, 2.05) is 41.8 Å². The van der Waals surface area contributed by atoms with Crippen LogP contribution in [0.5, 0.6) is 5.75 Å². The van der Waals surface area contributed by atoms with Crippen LogP contribution >= 0.6 is 23.1 Å². The van der Waals surface area contributed by atoms with E-state index in [2.05, 4.69) is 15.6 Å². The lowest BCUT2D eigenvalue weighted by Crippen LogP contribution is -2.34. The SMILES string of the molecule is COc1ccc(-c2csc(NC(=O)C(C)Sc3cccc(NC(=O)C4CC=CCC4C(=O)O)c3)n2)cc1. The number of nitrogens with zero attached hydrogens (tertiary/aromatic N) is 1. The molecule has 8 nitrogen and oxygen atoms in total. The van der Waals surface area contributed by atoms with Crippen molar-refractivity contribution >= 4 is 51.7 Å². The number of allylic oxidation sites excluding steroid dienone is 2. The third-order valence-electron chi connectivity index (χ3n) is 5.99. The van der Waals surface area contributed by atoms with Gasteiger partial charge in [-0.15, -0.1) is 23.1 Å². The standard InChI is InChI=1S/C27H27N3O5S2/c1-16(24(31)30-27-29-23(15-36-27)17-10-12-19(35-2)13-11-17)37-20-7-5-6-18(14-20)28-25(32)21-8-3-4-9-22(21)26(33)34/h3-7,10-16,21-22H,8-9H2,1-2H3,(H,28,32)(H,33,34)(H,29,30,31). The highest BCUT2D eigenvalue weighted by atomic mass is 32.2. The first-order valence-corrected chi connectivity index (χ1v) is 13.5. The van der Waals surface area contributed by atoms with Gasteiger partial charge in [0, 0.05) is 21.5 Å². The molecule has 0 fully saturated rings. The first kappa shape index (κ1) is 26.4. The molecular weight excluding hydrogens is 510 g/mol. The number of rotatable bonds is 9. The summed E-state index contributed by atoms with van der Waals surface area (Å²) in [7, 11) is 1.61. The number of aromatic nitrogens is 1. The number of carboxylic acids is 1. The van der Waals surface area contributed by atoms with E-state index >= 15 is 0 Å². The van der Waals surface area contributed by atoms with Gasteiger partial charge in [0.1, 0.15) is 5.75 Å². The number of carboxylic acid groups (broad SMARTS) is 1. The van der Waals surface area contributed by atoms with Gasteiger partial charge < -0.3 is 20.5 Å². The predicted octanol–water partition coefficient (Wildman–Crippen LogP) is 5.54. The highest BCUT2D eigenvalue weighted by Crippen LogP contribution is 2.31. The van der Waals surface area contributed by atoms with E-state index in [1.165, 1.54) is 23.1 Å². The van der Waals surface area contributed by atoms with Crippen LogP contribution in [-0.4, -0.2) is 40.2 Å². The van der Waals surface area contributed by atoms with E-state index in [1.54, 1.807) is 38.3 Å². The molecule has 3 N–H and O–H groups in total. The normalized spacial score (nSPS) is 17.6. The molecule has 0 radical (unpaired) electrons. The zero-order valence-corrected chi connectivity index (χ0v) is 22.0. The van der Waals surface area contributed by atoms with Crippen LogP contribution in [0.3, 0.4) is 0 Å². The minimum atomic E-state index is -0.968. The zero-order valence-electron chi connectivity index (χ0n) is 20.3. The number of ether oxygens (including phenoxy) is 1. The van der Waals surface area contributed by atoms with E-state index < -0.39 is 23.1 Å². The lowest BCUT2D eigenvalue weighted by Gasteiger charge is -2.24. The number of thiazole rings is 1. The van der Waals surface area contributed by atoms with Crippen LogP contribution in [0.15, 0.2) is 71.0 Å². The van der Waals surface area contributed by atoms with Gasteiger partial charge in [-0.1, -0.05) is 18.2 Å². The molecule has 0 spiro atoms. The maximum absolute atomic E-state index is 12.8. The molecule has 0 saturated carbocycles. The predicted molar refractivity (Wildman–Crippen MR) is 146 cm³/mol. The third-order valence-corrected chi connectivity index (χ3v) is 7.84. The van der Waals surface area contributed by atoms with Crippen molar-refractivity contribution in [2.45, 2.75) is 29.9 Å². The van der Waals surface area contributed by atoms with Crippen molar-refractivity contribution < 1.29 is 24.2 Å². The summed E-state index contributed by atoms with van der Waals surface area (Å²) < 4.78 is 5.18. The Morgan fingerprint density at radius 2 is 1.81 bits per heavy atom. The molecular formula is C27H27N3O5S2. The van der Waals surface area contributed by atoms with Gasteiger partial charge in [-0.2, -0.15) is 0 Å². The molecule has 1 aromatic heterocycles. The lowest BCUT2D eigenvalue weighted by atomic mass is 9.82. The molecule has 1 aliphatic carbocycles. The van der Waals surface area contributed by atoms with Gasteiger partial charge in [0.2, 0.25) is 11.8 Å². The fourth-order valence-corrected chi connectivity index (χ4v) is 5.60. The average Bonchev–Trinajstić information content (AvgIpc) is 3.37. The van der Waals surface area contributed by atoms with Crippen molar-refractivity contribution in [3.05, 3.63) is 66.1 Å². The van der Waals surface area contributed by atoms with Crippen molar-refractivity contribution in [2.24, 2.45) is 11.8 Å². The summed E-state index contributed by atoms with van der Waals surface area (Å²) in [6.07, 6.45) is 4.39. The molecule has 2 amide bonds. The topological polar surface area (TPSA) is 118 Å². The number of methoxy groups -OCH3 is 1. The van der Waals surface area contributed by atoms with Crippen molar-refractivity contribution in [3.8, 4) is 17.0 Å². The fourth-order valence-electron chi connectivity index (χ4n) is 3.95. The van der Waals surface area contributed by atoms with Gasteiger partial charge in [0.25, 0.3) is 0 Å². The maximum Gasteiger partial charge on any atom is 0.307 e. The quantitative estimate of drug-likeness (QED) is 0.242. The molecule has 10 heteroatoms. The van der Waals surface area contributed by atoms with Crippen LogP contribution in [0.4, 0.5) is 10.8 Å². The second kappa shape index (κ2) is 12.1. The molecule has 3 atom stereocenters. The summed E-state index contributed by atoms with van der Waals surface area (Å²) in [4.78, 5) is 42.4. The van der Waals surface area contributed by atoms with E-state index in [9.17, 15) is 19.5 Å². The van der Waals surface area contributed by atoms with Gasteiger partial charge in [-0.3, -0.25) is 14.4 Å². The number of benzene rings is 2. The molecule has 1 aliphatic rings. The summed E-state index contributed by atoms with van der Waals surface area (Å²) in [5.74, 6) is -2.07. The van der Waals surface area contributed by atoms with Crippen molar-refractivity contribution in [3.63, 3.8) is 0 Å². The summed E-state index contributed by atoms with van der Waals surface area (Å²) >= 11 is 2.71. The number of aliphatic carboxylic acids is 1. The van der Waals surface area contributed by atoms with E-state index in [-0.39, 0.29) is 11.8 Å². The Balaban J connectivity index is 1.34. The number of hydrogen-bond acceptors (Lipinski definition) is 7. The van der Waals surface area contributed by atoms with Gasteiger partial charge in [-0.05, 0) is 62.2 Å². The number of amides is 2. The van der Waals surface area contributed by atoms with Crippen LogP contribution in [-0.2, 0) is 14.4 Å². The van der Waals surface area contributed by atoms with Gasteiger partial charge in [-0.25, -0.2) is 4.98 Å². The smallest absolute Gasteiger partial charge is 0.307 e. The van der Waals surface area contributed by atoms with E-state index in [0.717, 1.165) is 21.9 Å². The Kier molecular flexibility index (Phi) is 8.62. The van der Waals surface area contributed by atoms with Gasteiger partial charge in [0.05, 0.1) is 29.9 Å². The van der Waals surface area contributed by atoms with Crippen LogP contribution in [0.25, 0.3) is 11.3 Å². The molecule has 2 aromatic carbocycles. The van der Waals surface area contributed by atoms with Crippen LogP contribution in [0.1, 0.15) is 19.8 Å². The Labute approximate surface area is 223 Å². The summed E-state index contributed by atoms with van der Waals surface area (Å²) in [5.41, 5.74) is 2.26. The monoisotopic (exact) mass is 537 g/mol. The first-order valence-electron chi connectivity index (χ1n) is 11.7. The van der Waals surface area contributed by atoms with Crippen LogP contribution in [0, 0.1) is 11.8 Å². The lowest BCUT2D eigenvalue weighted by molar-refractivity contribution is -0.146. The molecule has 0 saturated heterocycles. The number of nitrogens with one attached hydrogen (secondary N) is 2. The van der Waals surface area contributed by atoms with E-state index in [4.69, 9.17) is 4.74 Å². The Bertz CT molecular complexity index is 1310. The first-order chi connectivity index (χ1) is 17.8. The van der Waals surface area contributed by atoms with Crippen LogP contribution < -0.4 is 15.4 Å². The Morgan fingerprint density at radius 1 is 1.08 bits per heavy atom. The Hall–Kier alpha value is -3.63. The van der Waals surface area contributed by atoms with Crippen molar-refractivity contribution in [2.75, 3.05) is 17.7 Å². The van der Waals surface area contributed by atoms with Crippen LogP contribution in [0.2, 0.25) is 0 Å². The number of hydrogen-bond donors (Lipinski definition) is 3. The average molecular weight is 538 g/mol. The molecule has 1 heterocycles. The van der Waals surface area contributed by atoms with Gasteiger partial charge >= 0.3 is 5.97 Å². The number of carbonyl (C=O) groups is 3.